The lowest BCUT2D eigenvalue weighted by Gasteiger charge is -2.36. The molecule has 0 bridgehead atoms. The number of hydrogen-bond acceptors (Lipinski definition) is 3. The first kappa shape index (κ1) is 12.7. The number of pyridine rings is 1. The molecular weight excluding hydrogens is 234 g/mol. The van der Waals surface area contributed by atoms with Crippen molar-refractivity contribution in [1.29, 1.82) is 0 Å². The third-order valence-corrected chi connectivity index (χ3v) is 4.04. The number of hydrogen-bond donors (Lipinski definition) is 0. The Morgan fingerprint density at radius 3 is 2.65 bits per heavy atom. The predicted octanol–water partition coefficient (Wildman–Crippen LogP) is 2.57. The van der Waals surface area contributed by atoms with Crippen molar-refractivity contribution in [2.75, 3.05) is 32.1 Å². The van der Waals surface area contributed by atoms with Gasteiger partial charge in [-0.15, -0.1) is 0 Å². The number of likely N-dealkylation sites (tertiary alicyclic amines) is 1. The summed E-state index contributed by atoms with van der Waals surface area (Å²) in [5, 5.41) is 0.602. The highest BCUT2D eigenvalue weighted by Crippen LogP contribution is 2.24. The van der Waals surface area contributed by atoms with Crippen LogP contribution >= 0.6 is 11.6 Å². The molecule has 1 aromatic rings. The lowest BCUT2D eigenvalue weighted by atomic mass is 10.0. The fourth-order valence-corrected chi connectivity index (χ4v) is 2.43. The van der Waals surface area contributed by atoms with Gasteiger partial charge in [-0.3, -0.25) is 0 Å². The van der Waals surface area contributed by atoms with Crippen LogP contribution in [-0.2, 0) is 0 Å². The zero-order valence-electron chi connectivity index (χ0n) is 10.8. The number of halogens is 1. The Hall–Kier alpha value is -0.800. The molecule has 94 valence electrons. The van der Waals surface area contributed by atoms with Crippen LogP contribution in [0.25, 0.3) is 0 Å². The van der Waals surface area contributed by atoms with E-state index in [9.17, 15) is 0 Å². The monoisotopic (exact) mass is 253 g/mol. The van der Waals surface area contributed by atoms with Gasteiger partial charge in [0, 0.05) is 13.1 Å². The standard InChI is InChI=1S/C13H20ClN3/c1-10-8-12(9-15-13(10)14)17(3)11-4-6-16(2)7-5-11/h8-9,11H,4-7H2,1-3H3. The second kappa shape index (κ2) is 5.23. The Bertz CT molecular complexity index is 386. The van der Waals surface area contributed by atoms with E-state index < -0.39 is 0 Å². The van der Waals surface area contributed by atoms with Crippen LogP contribution in [-0.4, -0.2) is 43.1 Å². The van der Waals surface area contributed by atoms with E-state index in [1.165, 1.54) is 31.6 Å². The molecule has 1 aliphatic rings. The van der Waals surface area contributed by atoms with Crippen LogP contribution in [0.4, 0.5) is 5.69 Å². The van der Waals surface area contributed by atoms with Crippen LogP contribution < -0.4 is 4.90 Å². The number of aromatic nitrogens is 1. The van der Waals surface area contributed by atoms with E-state index in [2.05, 4.69) is 34.9 Å². The Kier molecular flexibility index (Phi) is 3.89. The van der Waals surface area contributed by atoms with Crippen LogP contribution in [0, 0.1) is 6.92 Å². The van der Waals surface area contributed by atoms with Gasteiger partial charge in [-0.25, -0.2) is 4.98 Å². The number of nitrogens with zero attached hydrogens (tertiary/aromatic N) is 3. The molecule has 1 fully saturated rings. The topological polar surface area (TPSA) is 19.4 Å². The minimum Gasteiger partial charge on any atom is -0.370 e. The molecule has 1 aromatic heterocycles. The summed E-state index contributed by atoms with van der Waals surface area (Å²) in [6.45, 7) is 4.35. The van der Waals surface area contributed by atoms with Crippen LogP contribution in [0.1, 0.15) is 18.4 Å². The molecule has 0 spiro atoms. The van der Waals surface area contributed by atoms with E-state index in [1.807, 2.05) is 13.1 Å². The van der Waals surface area contributed by atoms with Gasteiger partial charge in [0.1, 0.15) is 5.15 Å². The summed E-state index contributed by atoms with van der Waals surface area (Å²) < 4.78 is 0. The average molecular weight is 254 g/mol. The Labute approximate surface area is 108 Å². The Balaban J connectivity index is 2.08. The molecule has 0 N–H and O–H groups in total. The van der Waals surface area contributed by atoms with Crippen molar-refractivity contribution >= 4 is 17.3 Å². The van der Waals surface area contributed by atoms with Crippen LogP contribution in [0.2, 0.25) is 5.15 Å². The Morgan fingerprint density at radius 1 is 1.41 bits per heavy atom. The minimum atomic E-state index is 0.602. The molecule has 1 saturated heterocycles. The van der Waals surface area contributed by atoms with Crippen molar-refractivity contribution in [1.82, 2.24) is 9.88 Å². The number of anilines is 1. The lowest BCUT2D eigenvalue weighted by Crippen LogP contribution is -2.42. The number of rotatable bonds is 2. The molecule has 17 heavy (non-hydrogen) atoms. The van der Waals surface area contributed by atoms with Crippen LogP contribution in [0.3, 0.4) is 0 Å². The summed E-state index contributed by atoms with van der Waals surface area (Å²) >= 11 is 5.95. The summed E-state index contributed by atoms with van der Waals surface area (Å²) in [7, 11) is 4.34. The molecule has 0 aromatic carbocycles. The van der Waals surface area contributed by atoms with Gasteiger partial charge >= 0.3 is 0 Å². The molecular formula is C13H20ClN3. The quantitative estimate of drug-likeness (QED) is 0.756. The van der Waals surface area contributed by atoms with E-state index in [0.717, 1.165) is 5.56 Å². The normalized spacial score (nSPS) is 18.4. The first-order valence-corrected chi connectivity index (χ1v) is 6.49. The zero-order chi connectivity index (χ0) is 12.4. The molecule has 0 saturated carbocycles. The smallest absolute Gasteiger partial charge is 0.132 e. The van der Waals surface area contributed by atoms with Gasteiger partial charge in [-0.2, -0.15) is 0 Å². The maximum absolute atomic E-state index is 5.95. The van der Waals surface area contributed by atoms with Gasteiger partial charge in [0.15, 0.2) is 0 Å². The molecule has 2 rings (SSSR count). The van der Waals surface area contributed by atoms with E-state index in [-0.39, 0.29) is 0 Å². The predicted molar refractivity (Wildman–Crippen MR) is 72.9 cm³/mol. The van der Waals surface area contributed by atoms with Crippen molar-refractivity contribution in [3.63, 3.8) is 0 Å². The molecule has 2 heterocycles. The summed E-state index contributed by atoms with van der Waals surface area (Å²) in [5.74, 6) is 0. The first-order chi connectivity index (χ1) is 8.08. The molecule has 0 atom stereocenters. The van der Waals surface area contributed by atoms with Crippen molar-refractivity contribution in [3.05, 3.63) is 23.0 Å². The second-order valence-corrected chi connectivity index (χ2v) is 5.30. The Morgan fingerprint density at radius 2 is 2.06 bits per heavy atom. The second-order valence-electron chi connectivity index (χ2n) is 4.95. The third kappa shape index (κ3) is 2.90. The average Bonchev–Trinajstić information content (AvgIpc) is 2.33. The van der Waals surface area contributed by atoms with Gasteiger partial charge in [-0.1, -0.05) is 11.6 Å². The van der Waals surface area contributed by atoms with Gasteiger partial charge in [0.2, 0.25) is 0 Å². The number of aryl methyl sites for hydroxylation is 1. The van der Waals surface area contributed by atoms with Crippen molar-refractivity contribution in [3.8, 4) is 0 Å². The van der Waals surface area contributed by atoms with Crippen LogP contribution in [0.15, 0.2) is 12.3 Å². The highest BCUT2D eigenvalue weighted by Gasteiger charge is 2.21. The molecule has 1 aliphatic heterocycles. The van der Waals surface area contributed by atoms with Gasteiger partial charge in [-0.05, 0) is 51.5 Å². The minimum absolute atomic E-state index is 0.602. The van der Waals surface area contributed by atoms with Crippen molar-refractivity contribution in [2.45, 2.75) is 25.8 Å². The maximum Gasteiger partial charge on any atom is 0.132 e. The largest absolute Gasteiger partial charge is 0.370 e. The van der Waals surface area contributed by atoms with Crippen LogP contribution in [0.5, 0.6) is 0 Å². The van der Waals surface area contributed by atoms with Gasteiger partial charge in [0.25, 0.3) is 0 Å². The fraction of sp³-hybridized carbons (Fsp3) is 0.615. The highest BCUT2D eigenvalue weighted by atomic mass is 35.5. The molecule has 0 radical (unpaired) electrons. The molecule has 0 aliphatic carbocycles. The van der Waals surface area contributed by atoms with E-state index >= 15 is 0 Å². The molecule has 4 heteroatoms. The maximum atomic E-state index is 5.95. The molecule has 3 nitrogen and oxygen atoms in total. The summed E-state index contributed by atoms with van der Waals surface area (Å²) in [6.07, 6.45) is 4.30. The van der Waals surface area contributed by atoms with E-state index in [4.69, 9.17) is 11.6 Å². The summed E-state index contributed by atoms with van der Waals surface area (Å²) in [5.41, 5.74) is 2.21. The van der Waals surface area contributed by atoms with E-state index in [1.54, 1.807) is 0 Å². The first-order valence-electron chi connectivity index (χ1n) is 6.11. The fourth-order valence-electron chi connectivity index (χ4n) is 2.33. The number of piperidine rings is 1. The highest BCUT2D eigenvalue weighted by molar-refractivity contribution is 6.30. The third-order valence-electron chi connectivity index (χ3n) is 3.64. The van der Waals surface area contributed by atoms with Crippen molar-refractivity contribution < 1.29 is 0 Å². The lowest BCUT2D eigenvalue weighted by molar-refractivity contribution is 0.253. The summed E-state index contributed by atoms with van der Waals surface area (Å²) in [6, 6.07) is 2.74. The zero-order valence-corrected chi connectivity index (χ0v) is 11.5. The van der Waals surface area contributed by atoms with Crippen molar-refractivity contribution in [2.24, 2.45) is 0 Å². The van der Waals surface area contributed by atoms with Gasteiger partial charge in [0.05, 0.1) is 11.9 Å². The molecule has 0 unspecified atom stereocenters. The SMILES string of the molecule is Cc1cc(N(C)C2CCN(C)CC2)cnc1Cl. The molecule has 0 amide bonds. The summed E-state index contributed by atoms with van der Waals surface area (Å²) in [4.78, 5) is 8.94. The van der Waals surface area contributed by atoms with Gasteiger partial charge < -0.3 is 9.80 Å². The van der Waals surface area contributed by atoms with E-state index in [0.29, 0.717) is 11.2 Å².